The van der Waals surface area contributed by atoms with Gasteiger partial charge in [0, 0.05) is 12.1 Å². The van der Waals surface area contributed by atoms with E-state index in [2.05, 4.69) is 82.4 Å². The van der Waals surface area contributed by atoms with Crippen LogP contribution in [0.1, 0.15) is 57.7 Å². The van der Waals surface area contributed by atoms with E-state index in [1.54, 1.807) is 0 Å². The van der Waals surface area contributed by atoms with Crippen LogP contribution in [0.25, 0.3) is 0 Å². The van der Waals surface area contributed by atoms with Gasteiger partial charge in [0.25, 0.3) is 0 Å². The van der Waals surface area contributed by atoms with Gasteiger partial charge in [0.05, 0.1) is 11.7 Å². The lowest BCUT2D eigenvalue weighted by Gasteiger charge is -2.42. The summed E-state index contributed by atoms with van der Waals surface area (Å²) in [6.45, 7) is 12.8. The van der Waals surface area contributed by atoms with Gasteiger partial charge < -0.3 is 14.9 Å². The Bertz CT molecular complexity index is 752. The highest BCUT2D eigenvalue weighted by atomic mass is 28.2. The second-order valence-corrected chi connectivity index (χ2v) is 8.94. The maximum atomic E-state index is 6.20. The Labute approximate surface area is 167 Å². The monoisotopic (exact) mass is 382 g/mol. The zero-order valence-electron chi connectivity index (χ0n) is 17.4. The van der Waals surface area contributed by atoms with E-state index in [4.69, 9.17) is 14.9 Å². The third-order valence-electron chi connectivity index (χ3n) is 5.46. The van der Waals surface area contributed by atoms with Gasteiger partial charge in [-0.3, -0.25) is 0 Å². The van der Waals surface area contributed by atoms with Gasteiger partial charge in [-0.25, -0.2) is 0 Å². The van der Waals surface area contributed by atoms with Crippen LogP contribution in [-0.4, -0.2) is 22.2 Å². The number of hydrogen-bond donors (Lipinski definition) is 1. The Kier molecular flexibility index (Phi) is 6.76. The normalized spacial score (nSPS) is 15.2. The number of nitrogen functional groups attached to an aromatic ring is 1. The van der Waals surface area contributed by atoms with Crippen LogP contribution in [0, 0.1) is 12.3 Å². The van der Waals surface area contributed by atoms with Crippen LogP contribution >= 0.6 is 0 Å². The maximum absolute atomic E-state index is 6.20. The van der Waals surface area contributed by atoms with Crippen LogP contribution in [0.15, 0.2) is 42.5 Å². The molecule has 145 valence electrons. The molecule has 2 atom stereocenters. The summed E-state index contributed by atoms with van der Waals surface area (Å²) >= 11 is 0. The molecular weight excluding hydrogens is 350 g/mol. The number of aryl methyl sites for hydroxylation is 1. The predicted molar refractivity (Wildman–Crippen MR) is 114 cm³/mol. The highest BCUT2D eigenvalue weighted by Crippen LogP contribution is 2.37. The Morgan fingerprint density at radius 2 is 1.67 bits per heavy atom. The average Bonchev–Trinajstić information content (AvgIpc) is 2.58. The van der Waals surface area contributed by atoms with Crippen molar-refractivity contribution in [1.29, 1.82) is 0 Å². The van der Waals surface area contributed by atoms with Crippen molar-refractivity contribution < 1.29 is 9.16 Å². The zero-order valence-corrected chi connectivity index (χ0v) is 18.4. The van der Waals surface area contributed by atoms with Crippen molar-refractivity contribution in [1.82, 2.24) is 0 Å². The van der Waals surface area contributed by atoms with Gasteiger partial charge in [-0.2, -0.15) is 0 Å². The van der Waals surface area contributed by atoms with Crippen LogP contribution in [0.5, 0.6) is 5.75 Å². The molecule has 0 spiro atoms. The molecule has 0 aliphatic heterocycles. The van der Waals surface area contributed by atoms with Crippen LogP contribution in [0.4, 0.5) is 5.69 Å². The van der Waals surface area contributed by atoms with E-state index in [-0.39, 0.29) is 17.1 Å². The second kappa shape index (κ2) is 8.49. The zero-order chi connectivity index (χ0) is 20.2. The molecule has 0 heterocycles. The second-order valence-electron chi connectivity index (χ2n) is 8.74. The molecule has 0 aliphatic carbocycles. The smallest absolute Gasteiger partial charge is 0.247 e. The summed E-state index contributed by atoms with van der Waals surface area (Å²) in [6, 6.07) is 14.5. The molecule has 0 aromatic heterocycles. The summed E-state index contributed by atoms with van der Waals surface area (Å²) in [5, 5.41) is 0. The highest BCUT2D eigenvalue weighted by molar-refractivity contribution is 5.98. The minimum absolute atomic E-state index is 0.00132. The predicted octanol–water partition coefficient (Wildman–Crippen LogP) is 5.23. The van der Waals surface area contributed by atoms with E-state index >= 15 is 0 Å². The third kappa shape index (κ3) is 5.60. The molecular formula is C23H32NO2Si. The summed E-state index contributed by atoms with van der Waals surface area (Å²) in [5.41, 5.74) is 10.2. The first-order valence-electron chi connectivity index (χ1n) is 9.49. The van der Waals surface area contributed by atoms with Crippen molar-refractivity contribution in [3.8, 4) is 5.75 Å². The lowest BCUT2D eigenvalue weighted by molar-refractivity contribution is -0.0407. The number of rotatable bonds is 7. The lowest BCUT2D eigenvalue weighted by Crippen LogP contribution is -2.45. The number of ether oxygens (including phenoxy) is 1. The topological polar surface area (TPSA) is 44.5 Å². The minimum Gasteiger partial charge on any atom is -0.491 e. The number of benzene rings is 2. The van der Waals surface area contributed by atoms with Crippen molar-refractivity contribution in [2.75, 3.05) is 5.73 Å². The quantitative estimate of drug-likeness (QED) is 0.527. The maximum Gasteiger partial charge on any atom is 0.247 e. The molecule has 0 saturated heterocycles. The van der Waals surface area contributed by atoms with Crippen molar-refractivity contribution in [2.45, 2.75) is 66.1 Å². The molecule has 3 radical (unpaired) electrons. The van der Waals surface area contributed by atoms with E-state index < -0.39 is 0 Å². The summed E-state index contributed by atoms with van der Waals surface area (Å²) in [5.74, 6) is 0.837. The third-order valence-corrected chi connectivity index (χ3v) is 5.91. The first-order chi connectivity index (χ1) is 12.5. The fraction of sp³-hybridized carbons (Fsp3) is 0.478. The van der Waals surface area contributed by atoms with Gasteiger partial charge in [-0.1, -0.05) is 50.6 Å². The van der Waals surface area contributed by atoms with Gasteiger partial charge in [0.1, 0.15) is 5.75 Å². The fourth-order valence-electron chi connectivity index (χ4n) is 3.06. The van der Waals surface area contributed by atoms with Gasteiger partial charge in [0.2, 0.25) is 10.5 Å². The van der Waals surface area contributed by atoms with Gasteiger partial charge in [-0.05, 0) is 61.9 Å². The molecule has 2 aromatic rings. The van der Waals surface area contributed by atoms with Crippen LogP contribution in [-0.2, 0) is 10.8 Å². The van der Waals surface area contributed by atoms with Gasteiger partial charge >= 0.3 is 0 Å². The van der Waals surface area contributed by atoms with Crippen molar-refractivity contribution in [3.05, 3.63) is 59.2 Å². The van der Waals surface area contributed by atoms with E-state index in [0.717, 1.165) is 29.8 Å². The molecule has 0 bridgehead atoms. The molecule has 2 aromatic carbocycles. The minimum atomic E-state index is -0.345. The largest absolute Gasteiger partial charge is 0.491 e. The van der Waals surface area contributed by atoms with Gasteiger partial charge in [0.15, 0.2) is 0 Å². The summed E-state index contributed by atoms with van der Waals surface area (Å²) in [4.78, 5) is 0. The van der Waals surface area contributed by atoms with Crippen LogP contribution in [0.2, 0.25) is 0 Å². The molecule has 2 rings (SSSR count). The Balaban J connectivity index is 2.12. The standard InChI is InChI=1S/C23H32NO2Si/c1-16-7-9-18(10-8-16)13-19-14-20(11-12-21(19)24)25-17(2)15-23(6,26-27)22(3,4)5/h7-12,14,17H,13,15,24H2,1-6H3. The van der Waals surface area contributed by atoms with E-state index in [9.17, 15) is 0 Å². The average molecular weight is 383 g/mol. The van der Waals surface area contributed by atoms with E-state index in [0.29, 0.717) is 0 Å². The highest BCUT2D eigenvalue weighted by Gasteiger charge is 2.38. The first-order valence-corrected chi connectivity index (χ1v) is 9.90. The molecule has 0 aliphatic rings. The van der Waals surface area contributed by atoms with Crippen LogP contribution in [0.3, 0.4) is 0 Å². The summed E-state index contributed by atoms with van der Waals surface area (Å²) < 4.78 is 11.8. The summed E-state index contributed by atoms with van der Waals surface area (Å²) in [6.07, 6.45) is 1.56. The molecule has 4 heteroatoms. The number of hydrogen-bond acceptors (Lipinski definition) is 3. The van der Waals surface area contributed by atoms with Gasteiger partial charge in [-0.15, -0.1) is 0 Å². The van der Waals surface area contributed by atoms with Crippen molar-refractivity contribution in [2.24, 2.45) is 5.41 Å². The fourth-order valence-corrected chi connectivity index (χ4v) is 3.45. The molecule has 27 heavy (non-hydrogen) atoms. The lowest BCUT2D eigenvalue weighted by atomic mass is 9.75. The Morgan fingerprint density at radius 1 is 1.04 bits per heavy atom. The molecule has 2 N–H and O–H groups in total. The summed E-state index contributed by atoms with van der Waals surface area (Å²) in [7, 11) is 3.27. The van der Waals surface area contributed by atoms with Crippen LogP contribution < -0.4 is 10.5 Å². The van der Waals surface area contributed by atoms with Crippen molar-refractivity contribution in [3.63, 3.8) is 0 Å². The number of nitrogens with two attached hydrogens (primary N) is 1. The number of anilines is 1. The SMILES string of the molecule is Cc1ccc(Cc2cc(OC(C)CC(C)(O[Si])C(C)(C)C)ccc2N)cc1. The molecule has 2 unspecified atom stereocenters. The Hall–Kier alpha value is -1.78. The van der Waals surface area contributed by atoms with E-state index in [1.807, 2.05) is 12.1 Å². The Morgan fingerprint density at radius 3 is 2.22 bits per heavy atom. The molecule has 0 amide bonds. The first kappa shape index (κ1) is 21.5. The molecule has 0 saturated carbocycles. The van der Waals surface area contributed by atoms with E-state index in [1.165, 1.54) is 11.1 Å². The molecule has 3 nitrogen and oxygen atoms in total. The molecule has 0 fully saturated rings. The van der Waals surface area contributed by atoms with Crippen molar-refractivity contribution >= 4 is 16.2 Å².